The maximum absolute atomic E-state index is 6.54. The van der Waals surface area contributed by atoms with Crippen molar-refractivity contribution < 1.29 is 37.9 Å². The Balaban J connectivity index is 1.13. The van der Waals surface area contributed by atoms with Crippen LogP contribution in [-0.4, -0.2) is 60.2 Å². The van der Waals surface area contributed by atoms with E-state index in [4.69, 9.17) is 47.9 Å². The highest BCUT2D eigenvalue weighted by Crippen LogP contribution is 2.30. The molecular formula is C36H50N2O8. The summed E-state index contributed by atoms with van der Waals surface area (Å²) in [7, 11) is 0. The summed E-state index contributed by atoms with van der Waals surface area (Å²) in [6, 6.07) is 7.94. The molecule has 0 aromatic carbocycles. The highest BCUT2D eigenvalue weighted by Gasteiger charge is 2.30. The third-order valence-electron chi connectivity index (χ3n) is 9.69. The van der Waals surface area contributed by atoms with Crippen LogP contribution in [0.1, 0.15) is 113 Å². The summed E-state index contributed by atoms with van der Waals surface area (Å²) in [6.45, 7) is 2.97. The van der Waals surface area contributed by atoms with Gasteiger partial charge in [-0.3, -0.25) is 9.97 Å². The van der Waals surface area contributed by atoms with Crippen LogP contribution in [0.5, 0.6) is 11.5 Å². The second-order valence-corrected chi connectivity index (χ2v) is 13.4. The lowest BCUT2D eigenvalue weighted by Crippen LogP contribution is -2.35. The summed E-state index contributed by atoms with van der Waals surface area (Å²) in [4.78, 5) is 9.91. The molecule has 7 rings (SSSR count). The smallest absolute Gasteiger partial charge is 0.199 e. The predicted molar refractivity (Wildman–Crippen MR) is 168 cm³/mol. The van der Waals surface area contributed by atoms with Crippen molar-refractivity contribution in [1.29, 1.82) is 0 Å². The van der Waals surface area contributed by atoms with Gasteiger partial charge < -0.3 is 37.9 Å². The first-order valence-corrected chi connectivity index (χ1v) is 17.8. The Morgan fingerprint density at radius 2 is 0.739 bits per heavy atom. The summed E-state index contributed by atoms with van der Waals surface area (Å²) in [5, 5.41) is 0. The quantitative estimate of drug-likeness (QED) is 0.360. The summed E-state index contributed by atoms with van der Waals surface area (Å²) in [5.74, 6) is 1.50. The fraction of sp³-hybridized carbons (Fsp3) is 0.722. The second-order valence-electron chi connectivity index (χ2n) is 13.4. The first kappa shape index (κ1) is 32.2. The minimum Gasteiger partial charge on any atom is -0.465 e. The molecule has 0 spiro atoms. The highest BCUT2D eigenvalue weighted by molar-refractivity contribution is 5.28. The van der Waals surface area contributed by atoms with Gasteiger partial charge >= 0.3 is 0 Å². The standard InChI is InChI=1S/C36H50N2O8/c1-2-10-32-31(9-1)41-21-25-17-29(45-35-13-5-7-15-39-35)19-27(37-25)23-43-33-11-3-4-12-34(33)44-24-28-20-30(18-26(38-28)22-42-32)46-36-14-6-8-16-40-36/h17-20,31-36H,1-16,21-24H2. The normalized spacial score (nSPS) is 31.4. The molecule has 2 saturated heterocycles. The van der Waals surface area contributed by atoms with E-state index in [2.05, 4.69) is 0 Å². The van der Waals surface area contributed by atoms with E-state index < -0.39 is 0 Å². The Hall–Kier alpha value is -2.34. The molecule has 2 aromatic rings. The zero-order valence-electron chi connectivity index (χ0n) is 27.1. The molecule has 4 fully saturated rings. The monoisotopic (exact) mass is 638 g/mol. The molecule has 4 bridgehead atoms. The van der Waals surface area contributed by atoms with Crippen LogP contribution < -0.4 is 9.47 Å². The van der Waals surface area contributed by atoms with Crippen molar-refractivity contribution in [1.82, 2.24) is 9.97 Å². The molecule has 5 aliphatic rings. The molecule has 6 unspecified atom stereocenters. The fourth-order valence-electron chi connectivity index (χ4n) is 7.24. The van der Waals surface area contributed by atoms with Crippen LogP contribution in [0, 0.1) is 0 Å². The molecule has 3 aliphatic heterocycles. The van der Waals surface area contributed by atoms with Crippen LogP contribution in [0.15, 0.2) is 24.3 Å². The molecule has 0 N–H and O–H groups in total. The average molecular weight is 639 g/mol. The molecule has 2 aromatic heterocycles. The van der Waals surface area contributed by atoms with E-state index in [0.29, 0.717) is 26.4 Å². The van der Waals surface area contributed by atoms with Crippen LogP contribution in [0.4, 0.5) is 0 Å². The fourth-order valence-corrected chi connectivity index (χ4v) is 7.24. The van der Waals surface area contributed by atoms with E-state index in [1.807, 2.05) is 24.3 Å². The van der Waals surface area contributed by atoms with Crippen molar-refractivity contribution in [2.24, 2.45) is 0 Å². The third-order valence-corrected chi connectivity index (χ3v) is 9.69. The lowest BCUT2D eigenvalue weighted by molar-refractivity contribution is -0.111. The molecule has 0 radical (unpaired) electrons. The zero-order valence-corrected chi connectivity index (χ0v) is 27.1. The van der Waals surface area contributed by atoms with Crippen molar-refractivity contribution in [2.45, 2.75) is 153 Å². The number of pyridine rings is 2. The number of hydrogen-bond acceptors (Lipinski definition) is 10. The van der Waals surface area contributed by atoms with Crippen LogP contribution in [0.25, 0.3) is 0 Å². The molecule has 2 aliphatic carbocycles. The number of rotatable bonds is 4. The van der Waals surface area contributed by atoms with Gasteiger partial charge in [-0.05, 0) is 51.4 Å². The van der Waals surface area contributed by atoms with Gasteiger partial charge in [0.25, 0.3) is 0 Å². The topological polar surface area (TPSA) is 99.6 Å². The van der Waals surface area contributed by atoms with Crippen LogP contribution in [0.2, 0.25) is 0 Å². The van der Waals surface area contributed by atoms with E-state index in [0.717, 1.165) is 137 Å². The minimum atomic E-state index is -0.233. The van der Waals surface area contributed by atoms with Gasteiger partial charge in [0, 0.05) is 37.1 Å². The van der Waals surface area contributed by atoms with Crippen LogP contribution in [-0.2, 0) is 54.8 Å². The summed E-state index contributed by atoms with van der Waals surface area (Å²) >= 11 is 0. The molecule has 252 valence electrons. The van der Waals surface area contributed by atoms with E-state index in [1.165, 1.54) is 0 Å². The van der Waals surface area contributed by atoms with Crippen molar-refractivity contribution >= 4 is 0 Å². The number of fused-ring (bicyclic) bond motifs is 6. The van der Waals surface area contributed by atoms with Crippen molar-refractivity contribution in [2.75, 3.05) is 13.2 Å². The van der Waals surface area contributed by atoms with Gasteiger partial charge in [0.2, 0.25) is 0 Å². The lowest BCUT2D eigenvalue weighted by Gasteiger charge is -2.32. The SMILES string of the molecule is c1c(OC2CCCCO2)cc2nc1COC1CCCCC1OCc1cc(OC3CCCCO3)cc(n1)COC1CCCCC1OC2. The number of ether oxygens (including phenoxy) is 8. The maximum Gasteiger partial charge on any atom is 0.199 e. The van der Waals surface area contributed by atoms with E-state index >= 15 is 0 Å². The van der Waals surface area contributed by atoms with Gasteiger partial charge in [0.1, 0.15) is 11.5 Å². The van der Waals surface area contributed by atoms with Gasteiger partial charge in [-0.1, -0.05) is 25.7 Å². The summed E-state index contributed by atoms with van der Waals surface area (Å²) in [5.41, 5.74) is 3.31. The summed E-state index contributed by atoms with van der Waals surface area (Å²) in [6.07, 6.45) is 13.8. The molecule has 0 amide bonds. The molecule has 10 heteroatoms. The molecule has 10 nitrogen and oxygen atoms in total. The zero-order chi connectivity index (χ0) is 31.0. The Labute approximate surface area is 272 Å². The number of nitrogens with zero attached hydrogens (tertiary/aromatic N) is 2. The van der Waals surface area contributed by atoms with E-state index in [9.17, 15) is 0 Å². The molecule has 5 heterocycles. The van der Waals surface area contributed by atoms with Crippen LogP contribution in [0.3, 0.4) is 0 Å². The van der Waals surface area contributed by atoms with Gasteiger partial charge in [0.05, 0.1) is 86.8 Å². The van der Waals surface area contributed by atoms with E-state index in [1.54, 1.807) is 0 Å². The van der Waals surface area contributed by atoms with Crippen LogP contribution >= 0.6 is 0 Å². The molecule has 6 atom stereocenters. The van der Waals surface area contributed by atoms with Crippen molar-refractivity contribution in [3.8, 4) is 11.5 Å². The van der Waals surface area contributed by atoms with Gasteiger partial charge in [-0.2, -0.15) is 0 Å². The Bertz CT molecular complexity index is 1090. The van der Waals surface area contributed by atoms with Gasteiger partial charge in [-0.15, -0.1) is 0 Å². The van der Waals surface area contributed by atoms with Crippen molar-refractivity contribution in [3.63, 3.8) is 0 Å². The molecular weight excluding hydrogens is 588 g/mol. The first-order valence-electron chi connectivity index (χ1n) is 17.8. The Morgan fingerprint density at radius 1 is 0.413 bits per heavy atom. The lowest BCUT2D eigenvalue weighted by atomic mass is 9.94. The number of aromatic nitrogens is 2. The highest BCUT2D eigenvalue weighted by atomic mass is 16.7. The first-order chi connectivity index (χ1) is 22.7. The third kappa shape index (κ3) is 8.96. The van der Waals surface area contributed by atoms with E-state index in [-0.39, 0.29) is 37.0 Å². The summed E-state index contributed by atoms with van der Waals surface area (Å²) < 4.78 is 50.5. The van der Waals surface area contributed by atoms with Gasteiger partial charge in [0.15, 0.2) is 12.6 Å². The average Bonchev–Trinajstić information content (AvgIpc) is 3.09. The molecule has 2 saturated carbocycles. The Kier molecular flexibility index (Phi) is 11.3. The predicted octanol–water partition coefficient (Wildman–Crippen LogP) is 6.69. The largest absolute Gasteiger partial charge is 0.465 e. The number of hydrogen-bond donors (Lipinski definition) is 0. The van der Waals surface area contributed by atoms with Crippen molar-refractivity contribution in [3.05, 3.63) is 47.0 Å². The Morgan fingerprint density at radius 3 is 1.04 bits per heavy atom. The van der Waals surface area contributed by atoms with Gasteiger partial charge in [-0.25, -0.2) is 0 Å². The maximum atomic E-state index is 6.54. The minimum absolute atomic E-state index is 0.0266. The second kappa shape index (κ2) is 16.2. The molecule has 46 heavy (non-hydrogen) atoms.